The van der Waals surface area contributed by atoms with Crippen LogP contribution < -0.4 is 10.5 Å². The summed E-state index contributed by atoms with van der Waals surface area (Å²) >= 11 is 3.39. The Morgan fingerprint density at radius 1 is 1.21 bits per heavy atom. The summed E-state index contributed by atoms with van der Waals surface area (Å²) in [6, 6.07) is 9.97. The highest BCUT2D eigenvalue weighted by Gasteiger charge is 2.10. The van der Waals surface area contributed by atoms with Gasteiger partial charge in [-0.2, -0.15) is 0 Å². The Hall–Kier alpha value is -2.01. The fraction of sp³-hybridized carbons (Fsp3) is 0.0714. The number of hydrogen-bond donors (Lipinski definition) is 2. The van der Waals surface area contributed by atoms with Gasteiger partial charge in [0.05, 0.1) is 15.7 Å². The number of carboxylic acids is 1. The fourth-order valence-electron chi connectivity index (χ4n) is 1.56. The largest absolute Gasteiger partial charge is 0.478 e. The molecule has 98 valence electrons. The number of carbonyl (C=O) groups is 1. The van der Waals surface area contributed by atoms with Gasteiger partial charge in [0.1, 0.15) is 5.75 Å². The molecule has 2 rings (SSSR count). The van der Waals surface area contributed by atoms with Gasteiger partial charge in [-0.05, 0) is 58.7 Å². The second-order valence-electron chi connectivity index (χ2n) is 4.09. The molecule has 0 amide bonds. The Balaban J connectivity index is 2.37. The van der Waals surface area contributed by atoms with Crippen LogP contribution >= 0.6 is 15.9 Å². The second-order valence-corrected chi connectivity index (χ2v) is 4.95. The van der Waals surface area contributed by atoms with E-state index in [-0.39, 0.29) is 5.56 Å². The maximum absolute atomic E-state index is 10.9. The summed E-state index contributed by atoms with van der Waals surface area (Å²) in [7, 11) is 0. The Morgan fingerprint density at radius 3 is 2.58 bits per heavy atom. The lowest BCUT2D eigenvalue weighted by molar-refractivity contribution is 0.0696. The maximum atomic E-state index is 10.9. The van der Waals surface area contributed by atoms with Crippen molar-refractivity contribution >= 4 is 27.6 Å². The van der Waals surface area contributed by atoms with Gasteiger partial charge in [-0.3, -0.25) is 0 Å². The molecule has 0 spiro atoms. The van der Waals surface area contributed by atoms with Gasteiger partial charge in [-0.15, -0.1) is 0 Å². The highest BCUT2D eigenvalue weighted by atomic mass is 79.9. The minimum Gasteiger partial charge on any atom is -0.478 e. The fourth-order valence-corrected chi connectivity index (χ4v) is 2.14. The normalized spacial score (nSPS) is 10.2. The average molecular weight is 322 g/mol. The highest BCUT2D eigenvalue weighted by molar-refractivity contribution is 9.10. The number of carboxylic acid groups (broad SMARTS) is 1. The third kappa shape index (κ3) is 3.06. The molecule has 0 bridgehead atoms. The number of aromatic carboxylic acids is 1. The molecule has 19 heavy (non-hydrogen) atoms. The van der Waals surface area contributed by atoms with E-state index in [4.69, 9.17) is 15.6 Å². The van der Waals surface area contributed by atoms with Crippen molar-refractivity contribution in [2.75, 3.05) is 5.73 Å². The third-order valence-electron chi connectivity index (χ3n) is 2.57. The Morgan fingerprint density at radius 2 is 1.95 bits per heavy atom. The van der Waals surface area contributed by atoms with E-state index in [0.29, 0.717) is 17.2 Å². The lowest BCUT2D eigenvalue weighted by atomic mass is 10.2. The number of hydrogen-bond acceptors (Lipinski definition) is 3. The third-order valence-corrected chi connectivity index (χ3v) is 3.19. The van der Waals surface area contributed by atoms with Crippen LogP contribution in [0, 0.1) is 6.92 Å². The van der Waals surface area contributed by atoms with Crippen molar-refractivity contribution in [1.82, 2.24) is 0 Å². The summed E-state index contributed by atoms with van der Waals surface area (Å²) in [5.41, 5.74) is 7.39. The van der Waals surface area contributed by atoms with Crippen LogP contribution in [0.1, 0.15) is 15.9 Å². The van der Waals surface area contributed by atoms with Gasteiger partial charge in [0.15, 0.2) is 5.75 Å². The zero-order chi connectivity index (χ0) is 14.0. The van der Waals surface area contributed by atoms with Gasteiger partial charge in [0, 0.05) is 0 Å². The van der Waals surface area contributed by atoms with Crippen molar-refractivity contribution in [3.8, 4) is 11.5 Å². The molecule has 0 fully saturated rings. The van der Waals surface area contributed by atoms with E-state index in [0.717, 1.165) is 10.0 Å². The second kappa shape index (κ2) is 5.32. The zero-order valence-electron chi connectivity index (χ0n) is 10.2. The van der Waals surface area contributed by atoms with Crippen molar-refractivity contribution < 1.29 is 14.6 Å². The van der Waals surface area contributed by atoms with E-state index in [2.05, 4.69) is 15.9 Å². The van der Waals surface area contributed by atoms with Gasteiger partial charge < -0.3 is 15.6 Å². The first-order valence-electron chi connectivity index (χ1n) is 5.54. The van der Waals surface area contributed by atoms with Crippen LogP contribution in [-0.2, 0) is 0 Å². The molecule has 5 heteroatoms. The van der Waals surface area contributed by atoms with E-state index >= 15 is 0 Å². The van der Waals surface area contributed by atoms with Crippen LogP contribution in [0.15, 0.2) is 40.9 Å². The SMILES string of the molecule is Cc1ccc(Oc2cc(C(=O)O)ccc2N)c(Br)c1. The first-order valence-corrected chi connectivity index (χ1v) is 6.33. The summed E-state index contributed by atoms with van der Waals surface area (Å²) in [6.07, 6.45) is 0. The van der Waals surface area contributed by atoms with Crippen LogP contribution in [0.3, 0.4) is 0 Å². The number of anilines is 1. The van der Waals surface area contributed by atoms with Crippen LogP contribution in [-0.4, -0.2) is 11.1 Å². The molecule has 0 aliphatic carbocycles. The highest BCUT2D eigenvalue weighted by Crippen LogP contribution is 2.33. The molecule has 0 radical (unpaired) electrons. The number of ether oxygens (including phenoxy) is 1. The van der Waals surface area contributed by atoms with E-state index in [9.17, 15) is 4.79 Å². The molecule has 0 heterocycles. The summed E-state index contributed by atoms with van der Waals surface area (Å²) in [4.78, 5) is 10.9. The molecular formula is C14H12BrNO3. The number of nitrogen functional groups attached to an aromatic ring is 1. The maximum Gasteiger partial charge on any atom is 0.335 e. The average Bonchev–Trinajstić information content (AvgIpc) is 2.34. The van der Waals surface area contributed by atoms with Gasteiger partial charge in [0.2, 0.25) is 0 Å². The first kappa shape index (κ1) is 13.4. The summed E-state index contributed by atoms with van der Waals surface area (Å²) in [6.45, 7) is 1.97. The number of benzene rings is 2. The number of rotatable bonds is 3. The Kier molecular flexibility index (Phi) is 3.76. The molecule has 0 aromatic heterocycles. The lowest BCUT2D eigenvalue weighted by Gasteiger charge is -2.11. The standard InChI is InChI=1S/C14H12BrNO3/c1-8-2-5-12(10(15)6-8)19-13-7-9(14(17)18)3-4-11(13)16/h2-7H,16H2,1H3,(H,17,18). The lowest BCUT2D eigenvalue weighted by Crippen LogP contribution is -1.99. The first-order chi connectivity index (χ1) is 8.97. The number of nitrogens with two attached hydrogens (primary N) is 1. The van der Waals surface area contributed by atoms with E-state index < -0.39 is 5.97 Å². The topological polar surface area (TPSA) is 72.5 Å². The zero-order valence-corrected chi connectivity index (χ0v) is 11.8. The van der Waals surface area contributed by atoms with E-state index in [1.54, 1.807) is 6.07 Å². The molecule has 0 aliphatic rings. The summed E-state index contributed by atoms with van der Waals surface area (Å²) in [5.74, 6) is -0.114. The minimum atomic E-state index is -1.02. The number of aryl methyl sites for hydroxylation is 1. The molecule has 0 aliphatic heterocycles. The van der Waals surface area contributed by atoms with Crippen molar-refractivity contribution in [2.24, 2.45) is 0 Å². The van der Waals surface area contributed by atoms with E-state index in [1.807, 2.05) is 19.1 Å². The Bertz CT molecular complexity index is 641. The quantitative estimate of drug-likeness (QED) is 0.843. The minimum absolute atomic E-state index is 0.132. The molecule has 0 atom stereocenters. The molecule has 0 saturated heterocycles. The summed E-state index contributed by atoms with van der Waals surface area (Å²) in [5, 5.41) is 8.95. The van der Waals surface area contributed by atoms with Gasteiger partial charge in [-0.25, -0.2) is 4.79 Å². The predicted octanol–water partition coefficient (Wildman–Crippen LogP) is 3.83. The van der Waals surface area contributed by atoms with Crippen molar-refractivity contribution in [3.05, 3.63) is 52.0 Å². The predicted molar refractivity (Wildman–Crippen MR) is 76.8 cm³/mol. The van der Waals surface area contributed by atoms with Crippen molar-refractivity contribution in [3.63, 3.8) is 0 Å². The van der Waals surface area contributed by atoms with Crippen LogP contribution in [0.25, 0.3) is 0 Å². The van der Waals surface area contributed by atoms with Crippen LogP contribution in [0.5, 0.6) is 11.5 Å². The van der Waals surface area contributed by atoms with Crippen LogP contribution in [0.2, 0.25) is 0 Å². The monoisotopic (exact) mass is 321 g/mol. The van der Waals surface area contributed by atoms with Crippen molar-refractivity contribution in [2.45, 2.75) is 6.92 Å². The summed E-state index contributed by atoms with van der Waals surface area (Å²) < 4.78 is 6.44. The van der Waals surface area contributed by atoms with Gasteiger partial charge in [0.25, 0.3) is 0 Å². The van der Waals surface area contributed by atoms with Crippen molar-refractivity contribution in [1.29, 1.82) is 0 Å². The molecule has 4 nitrogen and oxygen atoms in total. The Labute approximate surface area is 118 Å². The smallest absolute Gasteiger partial charge is 0.335 e. The molecular weight excluding hydrogens is 310 g/mol. The van der Waals surface area contributed by atoms with Crippen LogP contribution in [0.4, 0.5) is 5.69 Å². The molecule has 3 N–H and O–H groups in total. The van der Waals surface area contributed by atoms with E-state index in [1.165, 1.54) is 18.2 Å². The van der Waals surface area contributed by atoms with Gasteiger partial charge in [-0.1, -0.05) is 6.07 Å². The number of halogens is 1. The molecule has 0 saturated carbocycles. The molecule has 2 aromatic carbocycles. The van der Waals surface area contributed by atoms with Gasteiger partial charge >= 0.3 is 5.97 Å². The molecule has 0 unspecified atom stereocenters. The molecule has 2 aromatic rings.